The number of hydrogen-bond donors (Lipinski definition) is 1. The molecule has 0 spiro atoms. The van der Waals surface area contributed by atoms with Crippen molar-refractivity contribution >= 4 is 17.5 Å². The van der Waals surface area contributed by atoms with Crippen LogP contribution in [0.2, 0.25) is 0 Å². The topological polar surface area (TPSA) is 99.1 Å². The number of hydrogen-bond acceptors (Lipinski definition) is 6. The molecule has 2 amide bonds. The van der Waals surface area contributed by atoms with Crippen LogP contribution in [0.15, 0.2) is 53.5 Å². The molecule has 1 aromatic heterocycles. The summed E-state index contributed by atoms with van der Waals surface area (Å²) in [5, 5.41) is 2.55. The molecule has 0 radical (unpaired) electrons. The minimum Gasteiger partial charge on any atom is -0.497 e. The molecule has 5 rings (SSSR count). The summed E-state index contributed by atoms with van der Waals surface area (Å²) in [4.78, 5) is 42.1. The molecule has 1 N–H and O–H groups in total. The van der Waals surface area contributed by atoms with Crippen LogP contribution in [-0.4, -0.2) is 55.9 Å². The van der Waals surface area contributed by atoms with E-state index in [0.717, 1.165) is 42.0 Å². The highest BCUT2D eigenvalue weighted by molar-refractivity contribution is 6.05. The molecular weight excluding hydrogens is 586 g/mol. The molecule has 0 unspecified atom stereocenters. The largest absolute Gasteiger partial charge is 0.497 e. The molecule has 2 saturated heterocycles. The van der Waals surface area contributed by atoms with Gasteiger partial charge in [0.2, 0.25) is 5.91 Å². The van der Waals surface area contributed by atoms with Gasteiger partial charge in [-0.1, -0.05) is 0 Å². The maximum Gasteiger partial charge on any atom is 0.387 e. The highest BCUT2D eigenvalue weighted by atomic mass is 19.3. The van der Waals surface area contributed by atoms with Gasteiger partial charge in [-0.25, -0.2) is 8.78 Å². The van der Waals surface area contributed by atoms with Crippen molar-refractivity contribution in [1.29, 1.82) is 0 Å². The Morgan fingerprint density at radius 3 is 2.32 bits per heavy atom. The van der Waals surface area contributed by atoms with Crippen molar-refractivity contribution < 1.29 is 41.4 Å². The standard InChI is InChI=1S/C31H31F4N3O6/c1-17-7-10-37(15-18-8-11-43-12-9-18)30(41)27(17)38-16-22(25-23(32)13-21(42-2)14-24(25)33)26(29(38)40)36-28(39)19-3-5-20(6-4-19)44-31(34)35/h3-7,10,13-14,18,22,26,31H,8-9,11-12,15-16H2,1-2H3,(H,36,39)/t22-,26-/m0/s1. The number of methoxy groups -OCH3 is 1. The minimum atomic E-state index is -3.06. The van der Waals surface area contributed by atoms with Crippen LogP contribution in [0.1, 0.15) is 40.2 Å². The van der Waals surface area contributed by atoms with Crippen LogP contribution in [0, 0.1) is 24.5 Å². The number of carbonyl (C=O) groups excluding carboxylic acids is 2. The van der Waals surface area contributed by atoms with E-state index in [4.69, 9.17) is 9.47 Å². The maximum atomic E-state index is 15.4. The van der Waals surface area contributed by atoms with E-state index >= 15 is 8.78 Å². The van der Waals surface area contributed by atoms with E-state index in [1.54, 1.807) is 19.2 Å². The summed E-state index contributed by atoms with van der Waals surface area (Å²) in [6.45, 7) is -0.119. The second kappa shape index (κ2) is 13.1. The van der Waals surface area contributed by atoms with Crippen LogP contribution in [-0.2, 0) is 16.1 Å². The lowest BCUT2D eigenvalue weighted by atomic mass is 9.92. The summed E-state index contributed by atoms with van der Waals surface area (Å²) in [5.74, 6) is -4.81. The van der Waals surface area contributed by atoms with E-state index in [9.17, 15) is 23.2 Å². The molecule has 44 heavy (non-hydrogen) atoms. The molecule has 3 heterocycles. The van der Waals surface area contributed by atoms with E-state index in [1.165, 1.54) is 23.8 Å². The molecule has 0 bridgehead atoms. The quantitative estimate of drug-likeness (QED) is 0.358. The normalized spacial score (nSPS) is 19.0. The zero-order valence-electron chi connectivity index (χ0n) is 24.0. The Morgan fingerprint density at radius 2 is 1.70 bits per heavy atom. The van der Waals surface area contributed by atoms with E-state index < -0.39 is 53.1 Å². The molecule has 0 saturated carbocycles. The van der Waals surface area contributed by atoms with Crippen LogP contribution < -0.4 is 25.2 Å². The summed E-state index contributed by atoms with van der Waals surface area (Å²) < 4.78 is 72.0. The number of pyridine rings is 1. The summed E-state index contributed by atoms with van der Waals surface area (Å²) in [7, 11) is 1.25. The number of aryl methyl sites for hydroxylation is 1. The van der Waals surface area contributed by atoms with E-state index in [1.807, 2.05) is 0 Å². The minimum absolute atomic E-state index is 0.0120. The number of ether oxygens (including phenoxy) is 3. The number of halogens is 4. The molecule has 2 aliphatic rings. The van der Waals surface area contributed by atoms with Crippen molar-refractivity contribution in [3.8, 4) is 11.5 Å². The number of nitrogens with zero attached hydrogens (tertiary/aromatic N) is 2. The predicted molar refractivity (Wildman–Crippen MR) is 151 cm³/mol. The molecule has 2 fully saturated rings. The van der Waals surface area contributed by atoms with Crippen LogP contribution in [0.5, 0.6) is 11.5 Å². The summed E-state index contributed by atoms with van der Waals surface area (Å²) in [6, 6.07) is 6.90. The lowest BCUT2D eigenvalue weighted by Crippen LogP contribution is -2.45. The molecular formula is C31H31F4N3O6. The fourth-order valence-corrected chi connectivity index (χ4v) is 5.73. The molecule has 234 valence electrons. The van der Waals surface area contributed by atoms with Crippen LogP contribution >= 0.6 is 0 Å². The number of benzene rings is 2. The van der Waals surface area contributed by atoms with E-state index in [-0.39, 0.29) is 35.2 Å². The monoisotopic (exact) mass is 617 g/mol. The number of aromatic nitrogens is 1. The Morgan fingerprint density at radius 1 is 1.05 bits per heavy atom. The van der Waals surface area contributed by atoms with Gasteiger partial charge in [-0.05, 0) is 61.6 Å². The average molecular weight is 618 g/mol. The van der Waals surface area contributed by atoms with Crippen molar-refractivity contribution in [2.24, 2.45) is 5.92 Å². The van der Waals surface area contributed by atoms with E-state index in [0.29, 0.717) is 25.3 Å². The summed E-state index contributed by atoms with van der Waals surface area (Å²) >= 11 is 0. The first-order valence-corrected chi connectivity index (χ1v) is 14.0. The zero-order valence-corrected chi connectivity index (χ0v) is 24.0. The smallest absolute Gasteiger partial charge is 0.387 e. The number of carbonyl (C=O) groups is 2. The van der Waals surface area contributed by atoms with Crippen LogP contribution in [0.4, 0.5) is 23.2 Å². The second-order valence-electron chi connectivity index (χ2n) is 10.8. The summed E-state index contributed by atoms with van der Waals surface area (Å²) in [6.07, 6.45) is 3.21. The highest BCUT2D eigenvalue weighted by Crippen LogP contribution is 2.36. The van der Waals surface area contributed by atoms with Gasteiger partial charge < -0.3 is 29.0 Å². The van der Waals surface area contributed by atoms with Crippen molar-refractivity contribution in [2.75, 3.05) is 31.8 Å². The third-order valence-electron chi connectivity index (χ3n) is 8.01. The second-order valence-corrected chi connectivity index (χ2v) is 10.8. The van der Waals surface area contributed by atoms with Gasteiger partial charge in [0.25, 0.3) is 11.5 Å². The lowest BCUT2D eigenvalue weighted by molar-refractivity contribution is -0.118. The molecule has 2 aliphatic heterocycles. The number of alkyl halides is 2. The Bertz CT molecular complexity index is 1570. The zero-order chi connectivity index (χ0) is 31.5. The van der Waals surface area contributed by atoms with Gasteiger partial charge in [0.15, 0.2) is 0 Å². The third-order valence-corrected chi connectivity index (χ3v) is 8.01. The Hall–Kier alpha value is -4.39. The van der Waals surface area contributed by atoms with Crippen LogP contribution in [0.3, 0.4) is 0 Å². The molecule has 2 atom stereocenters. The first kappa shape index (κ1) is 31.0. The lowest BCUT2D eigenvalue weighted by Gasteiger charge is -2.24. The SMILES string of the molecule is COc1cc(F)c([C@@H]2CN(c3c(C)ccn(CC4CCOCC4)c3=O)C(=O)[C@H]2NC(=O)c2ccc(OC(F)F)cc2)c(F)c1. The molecule has 3 aromatic rings. The van der Waals surface area contributed by atoms with Gasteiger partial charge in [-0.2, -0.15) is 8.78 Å². The number of amides is 2. The van der Waals surface area contributed by atoms with Crippen molar-refractivity contribution in [3.63, 3.8) is 0 Å². The maximum absolute atomic E-state index is 15.4. The number of nitrogens with one attached hydrogen (secondary N) is 1. The first-order valence-electron chi connectivity index (χ1n) is 14.0. The van der Waals surface area contributed by atoms with Gasteiger partial charge in [0, 0.05) is 61.7 Å². The predicted octanol–water partition coefficient (Wildman–Crippen LogP) is 4.40. The van der Waals surface area contributed by atoms with Gasteiger partial charge in [-0.3, -0.25) is 14.4 Å². The molecule has 13 heteroatoms. The Balaban J connectivity index is 1.50. The average Bonchev–Trinajstić information content (AvgIpc) is 3.29. The van der Waals surface area contributed by atoms with Gasteiger partial charge in [-0.15, -0.1) is 0 Å². The van der Waals surface area contributed by atoms with Crippen molar-refractivity contribution in [2.45, 2.75) is 44.9 Å². The Labute approximate surface area is 250 Å². The third kappa shape index (κ3) is 6.42. The fraction of sp³-hybridized carbons (Fsp3) is 0.387. The van der Waals surface area contributed by atoms with Gasteiger partial charge in [0.05, 0.1) is 7.11 Å². The molecule has 9 nitrogen and oxygen atoms in total. The van der Waals surface area contributed by atoms with Crippen molar-refractivity contribution in [1.82, 2.24) is 9.88 Å². The highest BCUT2D eigenvalue weighted by Gasteiger charge is 2.46. The van der Waals surface area contributed by atoms with E-state index in [2.05, 4.69) is 10.1 Å². The number of anilines is 1. The first-order chi connectivity index (χ1) is 21.1. The fourth-order valence-electron chi connectivity index (χ4n) is 5.73. The molecule has 2 aromatic carbocycles. The van der Waals surface area contributed by atoms with Crippen LogP contribution in [0.25, 0.3) is 0 Å². The Kier molecular flexibility index (Phi) is 9.23. The summed E-state index contributed by atoms with van der Waals surface area (Å²) in [5.41, 5.74) is -0.386. The molecule has 0 aliphatic carbocycles. The van der Waals surface area contributed by atoms with Crippen molar-refractivity contribution in [3.05, 3.63) is 87.3 Å². The number of rotatable bonds is 9. The van der Waals surface area contributed by atoms with Gasteiger partial charge >= 0.3 is 6.61 Å². The van der Waals surface area contributed by atoms with Gasteiger partial charge in [0.1, 0.15) is 34.9 Å².